The fourth-order valence-electron chi connectivity index (χ4n) is 5.86. The van der Waals surface area contributed by atoms with E-state index in [2.05, 4.69) is 52.3 Å². The van der Waals surface area contributed by atoms with Crippen LogP contribution in [0, 0.1) is 5.92 Å². The highest BCUT2D eigenvalue weighted by atomic mass is 16.5. The number of benzene rings is 1. The minimum absolute atomic E-state index is 0.415. The van der Waals surface area contributed by atoms with Crippen LogP contribution in [0.1, 0.15) is 49.3 Å². The van der Waals surface area contributed by atoms with Gasteiger partial charge in [0.25, 0.3) is 0 Å². The van der Waals surface area contributed by atoms with Crippen LogP contribution in [-0.4, -0.2) is 64.5 Å². The second-order valence-corrected chi connectivity index (χ2v) is 9.84. The molecule has 5 heteroatoms. The van der Waals surface area contributed by atoms with Crippen LogP contribution in [0.5, 0.6) is 0 Å². The van der Waals surface area contributed by atoms with E-state index in [1.807, 2.05) is 10.9 Å². The summed E-state index contributed by atoms with van der Waals surface area (Å²) in [5.74, 6) is 0.794. The van der Waals surface area contributed by atoms with E-state index >= 15 is 0 Å². The van der Waals surface area contributed by atoms with Crippen molar-refractivity contribution < 1.29 is 4.74 Å². The highest BCUT2D eigenvalue weighted by Crippen LogP contribution is 2.29. The van der Waals surface area contributed by atoms with Gasteiger partial charge in [-0.05, 0) is 75.6 Å². The molecule has 0 radical (unpaired) electrons. The first-order valence-corrected chi connectivity index (χ1v) is 12.4. The Bertz CT molecular complexity index is 810. The van der Waals surface area contributed by atoms with Gasteiger partial charge < -0.3 is 4.74 Å². The van der Waals surface area contributed by atoms with Crippen LogP contribution >= 0.6 is 0 Å². The zero-order valence-corrected chi connectivity index (χ0v) is 19.1. The second kappa shape index (κ2) is 9.85. The quantitative estimate of drug-likeness (QED) is 0.649. The van der Waals surface area contributed by atoms with E-state index in [0.717, 1.165) is 38.2 Å². The Hall–Kier alpha value is -1.69. The van der Waals surface area contributed by atoms with Crippen LogP contribution in [0.15, 0.2) is 36.7 Å². The number of piperidine rings is 1. The van der Waals surface area contributed by atoms with E-state index in [0.29, 0.717) is 6.10 Å². The van der Waals surface area contributed by atoms with Crippen molar-refractivity contribution in [1.29, 1.82) is 0 Å². The molecule has 5 nitrogen and oxygen atoms in total. The molecule has 1 atom stereocenters. The van der Waals surface area contributed by atoms with Gasteiger partial charge in [-0.15, -0.1) is 0 Å². The third kappa shape index (κ3) is 5.21. The molecule has 0 bridgehead atoms. The molecule has 2 saturated heterocycles. The average Bonchev–Trinajstić information content (AvgIpc) is 3.55. The molecule has 5 rings (SSSR count). The normalized spacial score (nSPS) is 23.1. The van der Waals surface area contributed by atoms with Gasteiger partial charge in [0.2, 0.25) is 0 Å². The highest BCUT2D eigenvalue weighted by Gasteiger charge is 2.31. The Kier molecular flexibility index (Phi) is 6.72. The Morgan fingerprint density at radius 3 is 2.48 bits per heavy atom. The summed E-state index contributed by atoms with van der Waals surface area (Å²) in [5.41, 5.74) is 4.48. The minimum atomic E-state index is 0.415. The van der Waals surface area contributed by atoms with Crippen molar-refractivity contribution in [3.05, 3.63) is 53.3 Å². The molecule has 1 aromatic heterocycles. The molecule has 31 heavy (non-hydrogen) atoms. The molecule has 0 unspecified atom stereocenters. The Morgan fingerprint density at radius 1 is 1.06 bits per heavy atom. The van der Waals surface area contributed by atoms with Gasteiger partial charge in [-0.3, -0.25) is 14.5 Å². The molecular weight excluding hydrogens is 384 g/mol. The molecule has 0 N–H and O–H groups in total. The van der Waals surface area contributed by atoms with Crippen LogP contribution in [0.25, 0.3) is 0 Å². The monoisotopic (exact) mass is 422 g/mol. The lowest BCUT2D eigenvalue weighted by molar-refractivity contribution is 0.0541. The van der Waals surface area contributed by atoms with E-state index in [1.54, 1.807) is 11.1 Å². The molecule has 2 fully saturated rings. The first kappa shape index (κ1) is 21.2. The zero-order valence-electron chi connectivity index (χ0n) is 19.1. The zero-order chi connectivity index (χ0) is 21.0. The maximum atomic E-state index is 5.98. The predicted octanol–water partition coefficient (Wildman–Crippen LogP) is 3.76. The summed E-state index contributed by atoms with van der Waals surface area (Å²) in [6.07, 6.45) is 12.2. The van der Waals surface area contributed by atoms with Gasteiger partial charge in [-0.25, -0.2) is 0 Å². The molecule has 0 saturated carbocycles. The van der Waals surface area contributed by atoms with E-state index in [9.17, 15) is 0 Å². The fourth-order valence-corrected chi connectivity index (χ4v) is 5.86. The average molecular weight is 423 g/mol. The third-order valence-electron chi connectivity index (χ3n) is 7.61. The summed E-state index contributed by atoms with van der Waals surface area (Å²) in [6, 6.07) is 9.76. The van der Waals surface area contributed by atoms with Crippen molar-refractivity contribution in [3.63, 3.8) is 0 Å². The Labute approximate surface area is 187 Å². The molecule has 168 valence electrons. The largest absolute Gasteiger partial charge is 0.377 e. The van der Waals surface area contributed by atoms with E-state index in [1.165, 1.54) is 63.7 Å². The van der Waals surface area contributed by atoms with Gasteiger partial charge in [0.1, 0.15) is 0 Å². The lowest BCUT2D eigenvalue weighted by atomic mass is 9.94. The first-order valence-electron chi connectivity index (χ1n) is 12.4. The molecule has 2 aromatic rings. The van der Waals surface area contributed by atoms with Crippen molar-refractivity contribution in [3.8, 4) is 0 Å². The topological polar surface area (TPSA) is 33.5 Å². The number of hydrogen-bond donors (Lipinski definition) is 0. The van der Waals surface area contributed by atoms with Crippen molar-refractivity contribution in [2.75, 3.05) is 32.8 Å². The fraction of sp³-hybridized carbons (Fsp3) is 0.654. The van der Waals surface area contributed by atoms with Gasteiger partial charge in [-0.2, -0.15) is 5.10 Å². The molecule has 3 aliphatic rings. The molecule has 3 heterocycles. The summed E-state index contributed by atoms with van der Waals surface area (Å²) in [5, 5.41) is 4.49. The van der Waals surface area contributed by atoms with Gasteiger partial charge in [-0.1, -0.05) is 24.3 Å². The smallest absolute Gasteiger partial charge is 0.0702 e. The summed E-state index contributed by atoms with van der Waals surface area (Å²) in [6.45, 7) is 9.79. The maximum absolute atomic E-state index is 5.98. The lowest BCUT2D eigenvalue weighted by Crippen LogP contribution is -2.44. The van der Waals surface area contributed by atoms with Crippen molar-refractivity contribution in [2.24, 2.45) is 5.92 Å². The number of hydrogen-bond acceptors (Lipinski definition) is 4. The second-order valence-electron chi connectivity index (χ2n) is 9.84. The molecule has 1 aromatic carbocycles. The molecular formula is C26H38N4O. The number of ether oxygens (including phenoxy) is 1. The number of likely N-dealkylation sites (tertiary alicyclic amines) is 1. The molecule has 2 aliphatic heterocycles. The van der Waals surface area contributed by atoms with Crippen molar-refractivity contribution >= 4 is 0 Å². The van der Waals surface area contributed by atoms with E-state index < -0.39 is 0 Å². The van der Waals surface area contributed by atoms with Gasteiger partial charge >= 0.3 is 0 Å². The summed E-state index contributed by atoms with van der Waals surface area (Å²) in [7, 11) is 0. The molecule has 1 aliphatic carbocycles. The van der Waals surface area contributed by atoms with E-state index in [-0.39, 0.29) is 0 Å². The number of fused-ring (bicyclic) bond motifs is 1. The summed E-state index contributed by atoms with van der Waals surface area (Å²) in [4.78, 5) is 5.42. The number of rotatable bonds is 8. The van der Waals surface area contributed by atoms with Crippen LogP contribution in [-0.2, 0) is 30.7 Å². The van der Waals surface area contributed by atoms with E-state index in [4.69, 9.17) is 4.74 Å². The van der Waals surface area contributed by atoms with Gasteiger partial charge in [0.15, 0.2) is 0 Å². The Balaban J connectivity index is 1.15. The number of aromatic nitrogens is 2. The third-order valence-corrected chi connectivity index (χ3v) is 7.61. The SMILES string of the molecule is CCn1cc(CN(CC2CCN(C3Cc4ccccc4C3)CC2)C[C@@H]2CCCO2)cn1. The van der Waals surface area contributed by atoms with Crippen molar-refractivity contribution in [1.82, 2.24) is 19.6 Å². The Morgan fingerprint density at radius 2 is 1.84 bits per heavy atom. The predicted molar refractivity (Wildman–Crippen MR) is 124 cm³/mol. The molecule has 0 amide bonds. The summed E-state index contributed by atoms with van der Waals surface area (Å²) >= 11 is 0. The van der Waals surface area contributed by atoms with Crippen molar-refractivity contribution in [2.45, 2.75) is 70.7 Å². The van der Waals surface area contributed by atoms with Gasteiger partial charge in [0.05, 0.1) is 12.3 Å². The van der Waals surface area contributed by atoms with Crippen LogP contribution in [0.4, 0.5) is 0 Å². The van der Waals surface area contributed by atoms with Crippen LogP contribution < -0.4 is 0 Å². The molecule has 0 spiro atoms. The minimum Gasteiger partial charge on any atom is -0.377 e. The van der Waals surface area contributed by atoms with Crippen LogP contribution in [0.3, 0.4) is 0 Å². The summed E-state index contributed by atoms with van der Waals surface area (Å²) < 4.78 is 8.02. The number of nitrogens with zero attached hydrogens (tertiary/aromatic N) is 4. The van der Waals surface area contributed by atoms with Gasteiger partial charge in [0, 0.05) is 50.6 Å². The maximum Gasteiger partial charge on any atom is 0.0702 e. The standard InChI is InChI=1S/C26H38N4O/c1-2-30-19-22(16-27-30)18-28(20-26-8-5-13-31-26)17-21-9-11-29(12-10-21)25-14-23-6-3-4-7-24(23)15-25/h3-4,6-7,16,19,21,25-26H,2,5,8-15,17-18,20H2,1H3/t26-/m0/s1. The van der Waals surface area contributed by atoms with Crippen LogP contribution in [0.2, 0.25) is 0 Å². The first-order chi connectivity index (χ1) is 15.3. The number of aryl methyl sites for hydroxylation is 1. The highest BCUT2D eigenvalue weighted by molar-refractivity contribution is 5.33. The lowest BCUT2D eigenvalue weighted by Gasteiger charge is -2.38.